The van der Waals surface area contributed by atoms with E-state index in [2.05, 4.69) is 11.8 Å². The van der Waals surface area contributed by atoms with Crippen molar-refractivity contribution < 1.29 is 4.74 Å². The van der Waals surface area contributed by atoms with Crippen LogP contribution in [0.15, 0.2) is 48.5 Å². The minimum absolute atomic E-state index is 0.385. The molecule has 0 fully saturated rings. The van der Waals surface area contributed by atoms with Gasteiger partial charge in [0.05, 0.1) is 0 Å². The molecule has 2 unspecified atom stereocenters. The maximum absolute atomic E-state index is 5.88. The van der Waals surface area contributed by atoms with E-state index in [4.69, 9.17) is 40.8 Å². The first-order valence-corrected chi connectivity index (χ1v) is 7.93. The Morgan fingerprint density at radius 3 is 1.39 bits per heavy atom. The Hall–Kier alpha value is -1.90. The van der Waals surface area contributed by atoms with E-state index in [1.807, 2.05) is 48.5 Å². The minimum atomic E-state index is -0.385. The molecule has 2 rings (SSSR count). The molecule has 0 saturated carbocycles. The van der Waals surface area contributed by atoms with Gasteiger partial charge in [0.25, 0.3) is 0 Å². The zero-order valence-corrected chi connectivity index (χ0v) is 14.0. The summed E-state index contributed by atoms with van der Waals surface area (Å²) in [6.07, 6.45) is 11.6. The van der Waals surface area contributed by atoms with Gasteiger partial charge in [-0.15, -0.1) is 12.8 Å². The molecule has 0 saturated heterocycles. The van der Waals surface area contributed by atoms with Crippen LogP contribution in [0.4, 0.5) is 0 Å². The van der Waals surface area contributed by atoms with Crippen molar-refractivity contribution in [1.82, 2.24) is 0 Å². The molecular weight excluding hydrogens is 327 g/mol. The van der Waals surface area contributed by atoms with Gasteiger partial charge in [0.2, 0.25) is 0 Å². The van der Waals surface area contributed by atoms with Gasteiger partial charge in [0.1, 0.15) is 12.2 Å². The van der Waals surface area contributed by atoms with Gasteiger partial charge in [-0.05, 0) is 35.4 Å². The fourth-order valence-corrected chi connectivity index (χ4v) is 2.41. The molecule has 2 aromatic carbocycles. The zero-order chi connectivity index (χ0) is 16.7. The molecule has 0 aliphatic heterocycles. The van der Waals surface area contributed by atoms with Crippen LogP contribution >= 0.6 is 23.2 Å². The first-order chi connectivity index (χ1) is 11.1. The summed E-state index contributed by atoms with van der Waals surface area (Å²) in [4.78, 5) is 0. The number of ether oxygens (including phenoxy) is 1. The normalized spacial score (nSPS) is 12.9. The Bertz CT molecular complexity index is 642. The molecule has 0 bridgehead atoms. The minimum Gasteiger partial charge on any atom is -0.349 e. The van der Waals surface area contributed by atoms with Crippen LogP contribution in [0.3, 0.4) is 0 Å². The summed E-state index contributed by atoms with van der Waals surface area (Å²) >= 11 is 11.8. The average Bonchev–Trinajstić information content (AvgIpc) is 2.57. The third-order valence-corrected chi connectivity index (χ3v) is 3.87. The van der Waals surface area contributed by atoms with E-state index in [0.29, 0.717) is 22.9 Å². The molecule has 0 aromatic heterocycles. The molecule has 3 heteroatoms. The lowest BCUT2D eigenvalue weighted by Gasteiger charge is -2.18. The number of halogens is 2. The SMILES string of the molecule is C#CC(Cc1ccc(Cl)cc1)OC(C#C)Cc1ccc(Cl)cc1. The molecule has 2 aromatic rings. The second kappa shape index (κ2) is 8.66. The molecule has 0 aliphatic rings. The first kappa shape index (κ1) is 17.5. The van der Waals surface area contributed by atoms with E-state index in [-0.39, 0.29) is 12.2 Å². The smallest absolute Gasteiger partial charge is 0.123 e. The number of benzene rings is 2. The van der Waals surface area contributed by atoms with Crippen molar-refractivity contribution in [2.45, 2.75) is 25.0 Å². The van der Waals surface area contributed by atoms with Crippen molar-refractivity contribution in [3.63, 3.8) is 0 Å². The van der Waals surface area contributed by atoms with Crippen LogP contribution in [0.2, 0.25) is 10.0 Å². The van der Waals surface area contributed by atoms with Crippen LogP contribution < -0.4 is 0 Å². The Morgan fingerprint density at radius 1 is 0.739 bits per heavy atom. The van der Waals surface area contributed by atoms with Gasteiger partial charge in [-0.1, -0.05) is 59.3 Å². The van der Waals surface area contributed by atoms with Gasteiger partial charge in [-0.2, -0.15) is 0 Å². The third-order valence-electron chi connectivity index (χ3n) is 3.37. The predicted molar refractivity (Wildman–Crippen MR) is 96.6 cm³/mol. The van der Waals surface area contributed by atoms with E-state index < -0.39 is 0 Å². The largest absolute Gasteiger partial charge is 0.349 e. The summed E-state index contributed by atoms with van der Waals surface area (Å²) in [6.45, 7) is 0. The monoisotopic (exact) mass is 342 g/mol. The number of hydrogen-bond donors (Lipinski definition) is 0. The lowest BCUT2D eigenvalue weighted by Crippen LogP contribution is -2.23. The standard InChI is InChI=1S/C20H16Cl2O/c1-3-19(13-15-5-9-17(21)10-6-15)23-20(4-2)14-16-7-11-18(22)12-8-16/h1-2,5-12,19-20H,13-14H2. The highest BCUT2D eigenvalue weighted by Gasteiger charge is 2.14. The Labute approximate surface area is 147 Å². The van der Waals surface area contributed by atoms with E-state index >= 15 is 0 Å². The average molecular weight is 343 g/mol. The number of hydrogen-bond acceptors (Lipinski definition) is 1. The van der Waals surface area contributed by atoms with Gasteiger partial charge >= 0.3 is 0 Å². The van der Waals surface area contributed by atoms with Crippen molar-refractivity contribution in [2.75, 3.05) is 0 Å². The molecule has 0 aliphatic carbocycles. The molecule has 0 spiro atoms. The van der Waals surface area contributed by atoms with Crippen LogP contribution in [-0.2, 0) is 17.6 Å². The van der Waals surface area contributed by atoms with Crippen molar-refractivity contribution in [3.8, 4) is 24.7 Å². The molecule has 0 radical (unpaired) electrons. The number of terminal acetylenes is 2. The van der Waals surface area contributed by atoms with Crippen molar-refractivity contribution in [2.24, 2.45) is 0 Å². The second-order valence-corrected chi connectivity index (χ2v) is 5.98. The molecule has 2 atom stereocenters. The van der Waals surface area contributed by atoms with Gasteiger partial charge in [0.15, 0.2) is 0 Å². The highest BCUT2D eigenvalue weighted by atomic mass is 35.5. The fraction of sp³-hybridized carbons (Fsp3) is 0.200. The van der Waals surface area contributed by atoms with E-state index in [1.165, 1.54) is 0 Å². The van der Waals surface area contributed by atoms with Crippen molar-refractivity contribution >= 4 is 23.2 Å². The highest BCUT2D eigenvalue weighted by Crippen LogP contribution is 2.15. The summed E-state index contributed by atoms with van der Waals surface area (Å²) in [5.74, 6) is 5.31. The van der Waals surface area contributed by atoms with Crippen LogP contribution in [0.1, 0.15) is 11.1 Å². The maximum Gasteiger partial charge on any atom is 0.123 e. The van der Waals surface area contributed by atoms with E-state index in [1.54, 1.807) is 0 Å². The lowest BCUT2D eigenvalue weighted by atomic mass is 10.1. The summed E-state index contributed by atoms with van der Waals surface area (Å²) in [5.41, 5.74) is 2.11. The summed E-state index contributed by atoms with van der Waals surface area (Å²) in [7, 11) is 0. The maximum atomic E-state index is 5.88. The first-order valence-electron chi connectivity index (χ1n) is 7.17. The van der Waals surface area contributed by atoms with Crippen LogP contribution in [0.5, 0.6) is 0 Å². The quantitative estimate of drug-likeness (QED) is 0.685. The Morgan fingerprint density at radius 2 is 1.09 bits per heavy atom. The second-order valence-electron chi connectivity index (χ2n) is 5.11. The molecule has 0 heterocycles. The van der Waals surface area contributed by atoms with E-state index in [0.717, 1.165) is 11.1 Å². The summed E-state index contributed by atoms with van der Waals surface area (Å²) in [6, 6.07) is 15.0. The predicted octanol–water partition coefficient (Wildman–Crippen LogP) is 4.80. The Balaban J connectivity index is 1.98. The third kappa shape index (κ3) is 5.66. The molecular formula is C20H16Cl2O. The molecule has 23 heavy (non-hydrogen) atoms. The van der Waals surface area contributed by atoms with Gasteiger partial charge in [-0.3, -0.25) is 0 Å². The fourth-order valence-electron chi connectivity index (χ4n) is 2.16. The summed E-state index contributed by atoms with van der Waals surface area (Å²) in [5, 5.41) is 1.38. The van der Waals surface area contributed by atoms with Gasteiger partial charge < -0.3 is 4.74 Å². The molecule has 0 N–H and O–H groups in total. The molecule has 1 nitrogen and oxygen atoms in total. The lowest BCUT2D eigenvalue weighted by molar-refractivity contribution is 0.0533. The van der Waals surface area contributed by atoms with Crippen LogP contribution in [-0.4, -0.2) is 12.2 Å². The zero-order valence-electron chi connectivity index (χ0n) is 12.5. The topological polar surface area (TPSA) is 9.23 Å². The molecule has 0 amide bonds. The van der Waals surface area contributed by atoms with Gasteiger partial charge in [0, 0.05) is 22.9 Å². The van der Waals surface area contributed by atoms with Crippen LogP contribution in [0.25, 0.3) is 0 Å². The molecule has 116 valence electrons. The Kier molecular flexibility index (Phi) is 6.57. The van der Waals surface area contributed by atoms with E-state index in [9.17, 15) is 0 Å². The van der Waals surface area contributed by atoms with Gasteiger partial charge in [-0.25, -0.2) is 0 Å². The van der Waals surface area contributed by atoms with Crippen molar-refractivity contribution in [3.05, 3.63) is 69.7 Å². The van der Waals surface area contributed by atoms with Crippen molar-refractivity contribution in [1.29, 1.82) is 0 Å². The number of rotatable bonds is 6. The highest BCUT2D eigenvalue weighted by molar-refractivity contribution is 6.30. The van der Waals surface area contributed by atoms with Crippen LogP contribution in [0, 0.1) is 24.7 Å². The summed E-state index contributed by atoms with van der Waals surface area (Å²) < 4.78 is 5.88.